The monoisotopic (exact) mass is 316 g/mol. The number of hydrogen-bond donors (Lipinski definition) is 0. The van der Waals surface area contributed by atoms with Gasteiger partial charge in [0.1, 0.15) is 17.9 Å². The number of thiazole rings is 1. The molecule has 0 amide bonds. The minimum Gasteiger partial charge on any atom is -0.297 e. The van der Waals surface area contributed by atoms with E-state index in [1.54, 1.807) is 0 Å². The maximum absolute atomic E-state index is 13.6. The number of ketones is 1. The number of halogens is 4. The Morgan fingerprint density at radius 1 is 1.24 bits per heavy atom. The molecule has 0 N–H and O–H groups in total. The third-order valence-electron chi connectivity index (χ3n) is 3.26. The van der Waals surface area contributed by atoms with Gasteiger partial charge >= 0.3 is 0 Å². The van der Waals surface area contributed by atoms with Gasteiger partial charge in [-0.15, -0.1) is 11.3 Å². The van der Waals surface area contributed by atoms with Crippen LogP contribution in [0.1, 0.15) is 11.4 Å². The summed E-state index contributed by atoms with van der Waals surface area (Å²) in [5.74, 6) is -4.97. The molecule has 1 aliphatic rings. The van der Waals surface area contributed by atoms with Crippen molar-refractivity contribution in [3.05, 3.63) is 28.5 Å². The largest absolute Gasteiger partial charge is 0.297 e. The van der Waals surface area contributed by atoms with E-state index in [-0.39, 0.29) is 34.9 Å². The molecule has 3 nitrogen and oxygen atoms in total. The lowest BCUT2D eigenvalue weighted by Gasteiger charge is -2.15. The summed E-state index contributed by atoms with van der Waals surface area (Å²) in [5.41, 5.74) is -0.398. The van der Waals surface area contributed by atoms with Crippen LogP contribution >= 0.6 is 11.3 Å². The normalized spacial score (nSPS) is 19.1. The fourth-order valence-electron chi connectivity index (χ4n) is 2.19. The van der Waals surface area contributed by atoms with Gasteiger partial charge in [0.25, 0.3) is 0 Å². The van der Waals surface area contributed by atoms with Crippen LogP contribution in [0.4, 0.5) is 17.6 Å². The van der Waals surface area contributed by atoms with Crippen LogP contribution in [0, 0.1) is 23.4 Å². The van der Waals surface area contributed by atoms with Gasteiger partial charge in [0.2, 0.25) is 0 Å². The van der Waals surface area contributed by atoms with Gasteiger partial charge in [-0.25, -0.2) is 18.2 Å². The Kier molecular flexibility index (Phi) is 3.48. The van der Waals surface area contributed by atoms with Crippen molar-refractivity contribution in [3.8, 4) is 0 Å². The molecule has 1 atom stereocenters. The van der Waals surface area contributed by atoms with Crippen LogP contribution in [-0.4, -0.2) is 23.3 Å². The lowest BCUT2D eigenvalue weighted by molar-refractivity contribution is -0.121. The highest BCUT2D eigenvalue weighted by Crippen LogP contribution is 2.31. The SMILES string of the molecule is O=C1CN=C(F)CC1Cc1nc2c(F)c(F)cc(F)c2s1. The first kappa shape index (κ1) is 14.1. The zero-order chi connectivity index (χ0) is 15.1. The van der Waals surface area contributed by atoms with E-state index in [2.05, 4.69) is 9.98 Å². The highest BCUT2D eigenvalue weighted by molar-refractivity contribution is 7.18. The minimum atomic E-state index is -1.32. The molecule has 110 valence electrons. The second kappa shape index (κ2) is 5.18. The van der Waals surface area contributed by atoms with Gasteiger partial charge in [0.05, 0.1) is 9.71 Å². The summed E-state index contributed by atoms with van der Waals surface area (Å²) in [7, 11) is 0. The molecule has 21 heavy (non-hydrogen) atoms. The Morgan fingerprint density at radius 3 is 2.76 bits per heavy atom. The summed E-state index contributed by atoms with van der Waals surface area (Å²) in [4.78, 5) is 18.9. The number of carbonyl (C=O) groups excluding carboxylic acids is 1. The molecular weight excluding hydrogens is 308 g/mol. The molecular formula is C13H8F4N2OS. The molecule has 1 unspecified atom stereocenters. The van der Waals surface area contributed by atoms with Gasteiger partial charge in [-0.3, -0.25) is 9.79 Å². The van der Waals surface area contributed by atoms with E-state index in [1.807, 2.05) is 0 Å². The van der Waals surface area contributed by atoms with Crippen LogP contribution in [-0.2, 0) is 11.2 Å². The number of aliphatic imine (C=N–C) groups is 1. The number of carbonyl (C=O) groups is 1. The molecule has 1 aromatic heterocycles. The van der Waals surface area contributed by atoms with Gasteiger partial charge in [-0.2, -0.15) is 4.39 Å². The molecule has 0 aliphatic carbocycles. The van der Waals surface area contributed by atoms with Crippen molar-refractivity contribution < 1.29 is 22.4 Å². The maximum atomic E-state index is 13.6. The first-order valence-corrected chi connectivity index (χ1v) is 6.92. The molecule has 2 heterocycles. The van der Waals surface area contributed by atoms with Crippen molar-refractivity contribution in [2.75, 3.05) is 6.54 Å². The minimum absolute atomic E-state index is 0.0572. The van der Waals surface area contributed by atoms with E-state index >= 15 is 0 Å². The summed E-state index contributed by atoms with van der Waals surface area (Å²) in [6, 6.07) is 0.456. The Morgan fingerprint density at radius 2 is 2.00 bits per heavy atom. The van der Waals surface area contributed by atoms with Crippen molar-refractivity contribution in [3.63, 3.8) is 0 Å². The van der Waals surface area contributed by atoms with Gasteiger partial charge in [0.15, 0.2) is 23.4 Å². The predicted octanol–water partition coefficient (Wildman–Crippen LogP) is 3.21. The summed E-state index contributed by atoms with van der Waals surface area (Å²) >= 11 is 0.836. The Labute approximate surface area is 120 Å². The molecule has 0 saturated heterocycles. The zero-order valence-electron chi connectivity index (χ0n) is 10.5. The molecule has 0 fully saturated rings. The van der Waals surface area contributed by atoms with E-state index < -0.39 is 34.9 Å². The fourth-order valence-corrected chi connectivity index (χ4v) is 3.23. The average Bonchev–Trinajstić information content (AvgIpc) is 2.85. The van der Waals surface area contributed by atoms with Crippen LogP contribution < -0.4 is 0 Å². The number of rotatable bonds is 2. The van der Waals surface area contributed by atoms with E-state index in [9.17, 15) is 22.4 Å². The topological polar surface area (TPSA) is 42.3 Å². The second-order valence-electron chi connectivity index (χ2n) is 4.70. The third-order valence-corrected chi connectivity index (χ3v) is 4.34. The third kappa shape index (κ3) is 2.55. The van der Waals surface area contributed by atoms with Crippen LogP contribution in [0.2, 0.25) is 0 Å². The van der Waals surface area contributed by atoms with E-state index in [1.165, 1.54) is 0 Å². The van der Waals surface area contributed by atoms with Crippen molar-refractivity contribution in [2.45, 2.75) is 12.8 Å². The molecule has 0 bridgehead atoms. The highest BCUT2D eigenvalue weighted by atomic mass is 32.1. The van der Waals surface area contributed by atoms with Gasteiger partial charge in [-0.05, 0) is 0 Å². The fraction of sp³-hybridized carbons (Fsp3) is 0.308. The number of nitrogens with zero attached hydrogens (tertiary/aromatic N) is 2. The molecule has 0 spiro atoms. The van der Waals surface area contributed by atoms with Gasteiger partial charge < -0.3 is 0 Å². The number of fused-ring (bicyclic) bond motifs is 1. The summed E-state index contributed by atoms with van der Waals surface area (Å²) in [6.07, 6.45) is -0.0876. The molecule has 0 radical (unpaired) electrons. The lowest BCUT2D eigenvalue weighted by atomic mass is 9.95. The predicted molar refractivity (Wildman–Crippen MR) is 69.7 cm³/mol. The van der Waals surface area contributed by atoms with Crippen molar-refractivity contribution >= 4 is 33.3 Å². The number of Topliss-reactive ketones (excluding diaryl/α,β-unsaturated/α-hetero) is 1. The van der Waals surface area contributed by atoms with E-state index in [0.29, 0.717) is 6.07 Å². The molecule has 1 aromatic carbocycles. The standard InChI is InChI=1S/C13H8F4N2OS/c14-6-3-7(15)13-12(11(6)17)19-10(21-13)2-5-1-9(16)18-4-8(5)20/h3,5H,1-2,4H2. The quantitative estimate of drug-likeness (QED) is 0.631. The highest BCUT2D eigenvalue weighted by Gasteiger charge is 2.27. The van der Waals surface area contributed by atoms with Crippen molar-refractivity contribution in [1.82, 2.24) is 4.98 Å². The van der Waals surface area contributed by atoms with Crippen molar-refractivity contribution in [1.29, 1.82) is 0 Å². The molecule has 1 aliphatic heterocycles. The van der Waals surface area contributed by atoms with Crippen LogP contribution in [0.3, 0.4) is 0 Å². The van der Waals surface area contributed by atoms with E-state index in [0.717, 1.165) is 11.3 Å². The summed E-state index contributed by atoms with van der Waals surface area (Å²) in [6.45, 7) is -0.237. The average molecular weight is 316 g/mol. The number of benzene rings is 1. The van der Waals surface area contributed by atoms with Crippen LogP contribution in [0.25, 0.3) is 10.2 Å². The maximum Gasteiger partial charge on any atom is 0.186 e. The number of hydrogen-bond acceptors (Lipinski definition) is 4. The van der Waals surface area contributed by atoms with E-state index in [4.69, 9.17) is 0 Å². The van der Waals surface area contributed by atoms with Crippen LogP contribution in [0.5, 0.6) is 0 Å². The summed E-state index contributed by atoms with van der Waals surface area (Å²) < 4.78 is 53.3. The lowest BCUT2D eigenvalue weighted by Crippen LogP contribution is -2.26. The molecule has 2 aromatic rings. The van der Waals surface area contributed by atoms with Gasteiger partial charge in [-0.1, -0.05) is 0 Å². The second-order valence-corrected chi connectivity index (χ2v) is 5.79. The molecule has 0 saturated carbocycles. The molecule has 8 heteroatoms. The first-order valence-electron chi connectivity index (χ1n) is 6.10. The smallest absolute Gasteiger partial charge is 0.186 e. The van der Waals surface area contributed by atoms with Gasteiger partial charge in [0, 0.05) is 24.8 Å². The zero-order valence-corrected chi connectivity index (χ0v) is 11.3. The molecule has 3 rings (SSSR count). The Hall–Kier alpha value is -1.83. The summed E-state index contributed by atoms with van der Waals surface area (Å²) in [5, 5.41) is 0.265. The Balaban J connectivity index is 1.95. The van der Waals surface area contributed by atoms with Crippen molar-refractivity contribution in [2.24, 2.45) is 10.9 Å². The first-order chi connectivity index (χ1) is 9.95. The van der Waals surface area contributed by atoms with Crippen LogP contribution in [0.15, 0.2) is 11.1 Å². The Bertz CT molecular complexity index is 771. The number of aromatic nitrogens is 1.